The van der Waals surface area contributed by atoms with Crippen molar-refractivity contribution in [1.82, 2.24) is 20.0 Å². The summed E-state index contributed by atoms with van der Waals surface area (Å²) in [4.78, 5) is 22.8. The molecule has 2 aromatic carbocycles. The van der Waals surface area contributed by atoms with Gasteiger partial charge in [-0.05, 0) is 37.5 Å². The highest BCUT2D eigenvalue weighted by atomic mass is 16.1. The number of aromatic nitrogens is 3. The number of benzene rings is 2. The maximum Gasteiger partial charge on any atom is 0.257 e. The lowest BCUT2D eigenvalue weighted by atomic mass is 9.95. The molecule has 2 aromatic heterocycles. The van der Waals surface area contributed by atoms with Crippen LogP contribution in [0.15, 0.2) is 53.6 Å². The summed E-state index contributed by atoms with van der Waals surface area (Å²) in [6, 6.07) is 15.8. The largest absolute Gasteiger partial charge is 0.383 e. The zero-order valence-corrected chi connectivity index (χ0v) is 18.1. The van der Waals surface area contributed by atoms with E-state index in [-0.39, 0.29) is 17.8 Å². The van der Waals surface area contributed by atoms with Crippen LogP contribution in [-0.2, 0) is 0 Å². The Morgan fingerprint density at radius 1 is 1.06 bits per heavy atom. The van der Waals surface area contributed by atoms with Gasteiger partial charge in [0.2, 0.25) is 0 Å². The number of amides is 1. The summed E-state index contributed by atoms with van der Waals surface area (Å²) in [5.41, 5.74) is 11.3. The van der Waals surface area contributed by atoms with Gasteiger partial charge in [0.15, 0.2) is 5.65 Å². The third-order valence-electron chi connectivity index (χ3n) is 6.04. The molecule has 1 aliphatic rings. The van der Waals surface area contributed by atoms with E-state index < -0.39 is 0 Å². The Morgan fingerprint density at radius 3 is 2.47 bits per heavy atom. The average Bonchev–Trinajstić information content (AvgIpc) is 3.08. The zero-order chi connectivity index (χ0) is 22.1. The molecule has 7 nitrogen and oxygen atoms in total. The van der Waals surface area contributed by atoms with Crippen molar-refractivity contribution in [3.63, 3.8) is 0 Å². The Balaban J connectivity index is 1.61. The molecule has 5 rings (SSSR count). The minimum atomic E-state index is -0.215. The van der Waals surface area contributed by atoms with Crippen molar-refractivity contribution in [2.75, 3.05) is 5.73 Å². The van der Waals surface area contributed by atoms with Gasteiger partial charge in [0, 0.05) is 6.04 Å². The lowest BCUT2D eigenvalue weighted by molar-refractivity contribution is 0.0930. The number of hydrogen-bond acceptors (Lipinski definition) is 5. The van der Waals surface area contributed by atoms with Crippen molar-refractivity contribution in [3.05, 3.63) is 65.2 Å². The molecule has 4 aromatic rings. The molecule has 0 spiro atoms. The molecule has 1 aliphatic carbocycles. The Bertz CT molecular complexity index is 1320. The first-order valence-corrected chi connectivity index (χ1v) is 11.1. The molecular weight excluding hydrogens is 400 g/mol. The van der Waals surface area contributed by atoms with E-state index in [4.69, 9.17) is 15.7 Å². The van der Waals surface area contributed by atoms with E-state index >= 15 is 0 Å². The SMILES string of the molecule is Cc1ccc(/C=N/n2c(N)c(C(=O)NC3CCCCC3)c3nc4ccccc4nc32)cc1. The number of carbonyl (C=O) groups is 1. The van der Waals surface area contributed by atoms with Crippen molar-refractivity contribution >= 4 is 40.1 Å². The van der Waals surface area contributed by atoms with Gasteiger partial charge in [-0.25, -0.2) is 9.97 Å². The van der Waals surface area contributed by atoms with Gasteiger partial charge in [0.1, 0.15) is 16.9 Å². The van der Waals surface area contributed by atoms with Gasteiger partial charge in [-0.3, -0.25) is 4.79 Å². The Labute approximate surface area is 186 Å². The summed E-state index contributed by atoms with van der Waals surface area (Å²) in [7, 11) is 0. The summed E-state index contributed by atoms with van der Waals surface area (Å²) in [5.74, 6) is 0.0280. The van der Waals surface area contributed by atoms with E-state index in [1.54, 1.807) is 6.21 Å². The molecule has 0 saturated heterocycles. The fraction of sp³-hybridized carbons (Fsp3) is 0.280. The molecule has 0 aliphatic heterocycles. The van der Waals surface area contributed by atoms with Gasteiger partial charge < -0.3 is 11.1 Å². The van der Waals surface area contributed by atoms with Gasteiger partial charge in [0.05, 0.1) is 17.2 Å². The molecule has 7 heteroatoms. The van der Waals surface area contributed by atoms with Crippen LogP contribution in [0.3, 0.4) is 0 Å². The smallest absolute Gasteiger partial charge is 0.257 e. The van der Waals surface area contributed by atoms with Crippen LogP contribution in [0.4, 0.5) is 5.82 Å². The number of nitrogen functional groups attached to an aromatic ring is 1. The Kier molecular flexibility index (Phi) is 5.31. The molecule has 1 amide bonds. The number of rotatable bonds is 4. The first kappa shape index (κ1) is 20.2. The summed E-state index contributed by atoms with van der Waals surface area (Å²) in [6.07, 6.45) is 7.18. The van der Waals surface area contributed by atoms with E-state index in [0.717, 1.165) is 36.8 Å². The molecule has 1 saturated carbocycles. The topological polar surface area (TPSA) is 98.2 Å². The van der Waals surface area contributed by atoms with Crippen molar-refractivity contribution in [1.29, 1.82) is 0 Å². The molecule has 1 fully saturated rings. The fourth-order valence-electron chi connectivity index (χ4n) is 4.27. The standard InChI is InChI=1S/C25H26N6O/c1-16-11-13-17(14-12-16)15-27-31-23(26)21(25(32)28-18-7-3-2-4-8-18)22-24(31)30-20-10-6-5-9-19(20)29-22/h5-6,9-15,18H,2-4,7-8,26H2,1H3,(H,28,32)/b27-15+. The molecular formula is C25H26N6O. The molecule has 2 heterocycles. The van der Waals surface area contributed by atoms with Crippen LogP contribution >= 0.6 is 0 Å². The summed E-state index contributed by atoms with van der Waals surface area (Å²) >= 11 is 0. The highest BCUT2D eigenvalue weighted by Crippen LogP contribution is 2.28. The number of carbonyl (C=O) groups excluding carboxylic acids is 1. The summed E-state index contributed by atoms with van der Waals surface area (Å²) in [5, 5.41) is 7.73. The van der Waals surface area contributed by atoms with Gasteiger partial charge >= 0.3 is 0 Å². The average molecular weight is 427 g/mol. The number of aryl methyl sites for hydroxylation is 1. The normalized spacial score (nSPS) is 15.0. The number of fused-ring (bicyclic) bond motifs is 2. The van der Waals surface area contributed by atoms with Gasteiger partial charge in [-0.2, -0.15) is 9.78 Å². The van der Waals surface area contributed by atoms with E-state index in [0.29, 0.717) is 22.2 Å². The van der Waals surface area contributed by atoms with Crippen LogP contribution in [0.25, 0.3) is 22.2 Å². The van der Waals surface area contributed by atoms with Crippen molar-refractivity contribution < 1.29 is 4.79 Å². The second-order valence-corrected chi connectivity index (χ2v) is 8.42. The molecule has 0 bridgehead atoms. The number of para-hydroxylation sites is 2. The highest BCUT2D eigenvalue weighted by molar-refractivity contribution is 6.10. The maximum atomic E-state index is 13.3. The second-order valence-electron chi connectivity index (χ2n) is 8.42. The third-order valence-corrected chi connectivity index (χ3v) is 6.04. The van der Waals surface area contributed by atoms with Crippen LogP contribution in [0, 0.1) is 6.92 Å². The molecule has 3 N–H and O–H groups in total. The third kappa shape index (κ3) is 3.82. The Morgan fingerprint density at radius 2 is 1.75 bits per heavy atom. The van der Waals surface area contributed by atoms with Gasteiger partial charge in [0.25, 0.3) is 5.91 Å². The van der Waals surface area contributed by atoms with Crippen LogP contribution in [0.1, 0.15) is 53.6 Å². The quantitative estimate of drug-likeness (QED) is 0.472. The molecule has 162 valence electrons. The molecule has 0 atom stereocenters. The number of nitrogens with two attached hydrogens (primary N) is 1. The van der Waals surface area contributed by atoms with E-state index in [1.807, 2.05) is 55.5 Å². The predicted molar refractivity (Wildman–Crippen MR) is 128 cm³/mol. The number of hydrogen-bond donors (Lipinski definition) is 2. The van der Waals surface area contributed by atoms with E-state index in [9.17, 15) is 4.79 Å². The summed E-state index contributed by atoms with van der Waals surface area (Å²) < 4.78 is 1.52. The van der Waals surface area contributed by atoms with Gasteiger partial charge in [-0.15, -0.1) is 0 Å². The number of nitrogens with one attached hydrogen (secondary N) is 1. The second kappa shape index (κ2) is 8.42. The van der Waals surface area contributed by atoms with Gasteiger partial charge in [-0.1, -0.05) is 61.2 Å². The highest BCUT2D eigenvalue weighted by Gasteiger charge is 2.26. The van der Waals surface area contributed by atoms with E-state index in [1.165, 1.54) is 16.7 Å². The summed E-state index contributed by atoms with van der Waals surface area (Å²) in [6.45, 7) is 2.04. The number of nitrogens with zero attached hydrogens (tertiary/aromatic N) is 4. The van der Waals surface area contributed by atoms with Crippen LogP contribution in [-0.4, -0.2) is 32.8 Å². The maximum absolute atomic E-state index is 13.3. The van der Waals surface area contributed by atoms with Crippen LogP contribution in [0.5, 0.6) is 0 Å². The zero-order valence-electron chi connectivity index (χ0n) is 18.1. The first-order valence-electron chi connectivity index (χ1n) is 11.1. The predicted octanol–water partition coefficient (Wildman–Crippen LogP) is 4.42. The molecule has 0 radical (unpaired) electrons. The van der Waals surface area contributed by atoms with Crippen LogP contribution in [0.2, 0.25) is 0 Å². The number of anilines is 1. The van der Waals surface area contributed by atoms with Crippen LogP contribution < -0.4 is 11.1 Å². The minimum Gasteiger partial charge on any atom is -0.383 e. The lowest BCUT2D eigenvalue weighted by Gasteiger charge is -2.22. The lowest BCUT2D eigenvalue weighted by Crippen LogP contribution is -2.36. The Hall–Kier alpha value is -3.74. The minimum absolute atomic E-state index is 0.165. The molecule has 0 unspecified atom stereocenters. The fourth-order valence-corrected chi connectivity index (χ4v) is 4.27. The monoisotopic (exact) mass is 426 g/mol. The first-order chi connectivity index (χ1) is 15.6. The van der Waals surface area contributed by atoms with Crippen molar-refractivity contribution in [2.45, 2.75) is 45.1 Å². The molecule has 32 heavy (non-hydrogen) atoms. The van der Waals surface area contributed by atoms with Crippen molar-refractivity contribution in [3.8, 4) is 0 Å². The van der Waals surface area contributed by atoms with Crippen molar-refractivity contribution in [2.24, 2.45) is 5.10 Å². The van der Waals surface area contributed by atoms with E-state index in [2.05, 4.69) is 10.4 Å².